The molecule has 1 aliphatic carbocycles. The molecule has 0 radical (unpaired) electrons. The Hall–Kier alpha value is -0.850. The molecule has 1 aromatic carbocycles. The van der Waals surface area contributed by atoms with E-state index in [1.165, 1.54) is 29.9 Å². The van der Waals surface area contributed by atoms with Crippen LogP contribution in [-0.4, -0.2) is 28.5 Å². The Labute approximate surface area is 194 Å². The largest absolute Gasteiger partial charge is 0.423 e. The van der Waals surface area contributed by atoms with E-state index in [2.05, 4.69) is 19.2 Å². The summed E-state index contributed by atoms with van der Waals surface area (Å²) in [6.07, 6.45) is 10.8. The first kappa shape index (κ1) is 25.4. The molecule has 1 amide bonds. The van der Waals surface area contributed by atoms with Crippen molar-refractivity contribution in [2.75, 3.05) is 17.8 Å². The van der Waals surface area contributed by atoms with Crippen molar-refractivity contribution in [3.05, 3.63) is 23.2 Å². The van der Waals surface area contributed by atoms with Crippen LogP contribution in [0.3, 0.4) is 0 Å². The summed E-state index contributed by atoms with van der Waals surface area (Å²) >= 11 is 9.06. The predicted octanol–water partition coefficient (Wildman–Crippen LogP) is 7.01. The molecule has 0 heterocycles. The number of carbonyl (C=O) groups is 2. The van der Waals surface area contributed by atoms with Crippen LogP contribution in [-0.2, 0) is 9.59 Å². The SMILES string of the molecule is CSC(C)(SC)C(=O)Oc1ccc(Cl)cc1NC(=O)C1(CCC(C)C)CCCCC1. The van der Waals surface area contributed by atoms with Gasteiger partial charge in [-0.25, -0.2) is 4.79 Å². The molecule has 168 valence electrons. The van der Waals surface area contributed by atoms with E-state index in [0.29, 0.717) is 22.4 Å². The Morgan fingerprint density at radius 1 is 1.20 bits per heavy atom. The number of ether oxygens (including phenoxy) is 1. The van der Waals surface area contributed by atoms with Crippen molar-refractivity contribution in [2.45, 2.75) is 69.8 Å². The first-order chi connectivity index (χ1) is 14.2. The van der Waals surface area contributed by atoms with Gasteiger partial charge in [-0.3, -0.25) is 4.79 Å². The van der Waals surface area contributed by atoms with Gasteiger partial charge in [0.05, 0.1) is 5.69 Å². The van der Waals surface area contributed by atoms with E-state index < -0.39 is 4.08 Å². The standard InChI is InChI=1S/C23H34ClNO3S2/c1-16(2)11-14-23(12-7-6-8-13-23)20(26)25-18-15-17(24)9-10-19(18)28-21(27)22(3,29-4)30-5/h9-10,15-16H,6-8,11-14H2,1-5H3,(H,25,26). The van der Waals surface area contributed by atoms with Crippen molar-refractivity contribution in [3.8, 4) is 5.75 Å². The average molecular weight is 472 g/mol. The average Bonchev–Trinajstić information content (AvgIpc) is 2.74. The molecule has 1 N–H and O–H groups in total. The van der Waals surface area contributed by atoms with Crippen molar-refractivity contribution in [3.63, 3.8) is 0 Å². The number of thioether (sulfide) groups is 2. The first-order valence-corrected chi connectivity index (χ1v) is 13.4. The van der Waals surface area contributed by atoms with Crippen molar-refractivity contribution < 1.29 is 14.3 Å². The second kappa shape index (κ2) is 11.1. The Morgan fingerprint density at radius 2 is 1.83 bits per heavy atom. The zero-order chi connectivity index (χ0) is 22.4. The predicted molar refractivity (Wildman–Crippen MR) is 131 cm³/mol. The van der Waals surface area contributed by atoms with Gasteiger partial charge in [0, 0.05) is 10.4 Å². The number of benzene rings is 1. The Balaban J connectivity index is 2.26. The van der Waals surface area contributed by atoms with Gasteiger partial charge in [0.15, 0.2) is 9.83 Å². The molecule has 0 saturated heterocycles. The third kappa shape index (κ3) is 6.33. The van der Waals surface area contributed by atoms with Gasteiger partial charge >= 0.3 is 5.97 Å². The van der Waals surface area contributed by atoms with Gasteiger partial charge in [0.1, 0.15) is 0 Å². The summed E-state index contributed by atoms with van der Waals surface area (Å²) < 4.78 is 4.99. The Morgan fingerprint density at radius 3 is 2.40 bits per heavy atom. The highest BCUT2D eigenvalue weighted by Crippen LogP contribution is 2.43. The molecular formula is C23H34ClNO3S2. The van der Waals surface area contributed by atoms with E-state index in [1.807, 2.05) is 19.4 Å². The fraction of sp³-hybridized carbons (Fsp3) is 0.652. The van der Waals surface area contributed by atoms with E-state index in [-0.39, 0.29) is 17.3 Å². The van der Waals surface area contributed by atoms with Crippen LogP contribution >= 0.6 is 35.1 Å². The zero-order valence-electron chi connectivity index (χ0n) is 18.7. The quantitative estimate of drug-likeness (QED) is 0.238. The topological polar surface area (TPSA) is 55.4 Å². The number of esters is 1. The smallest absolute Gasteiger partial charge is 0.337 e. The zero-order valence-corrected chi connectivity index (χ0v) is 21.1. The molecule has 0 unspecified atom stereocenters. The summed E-state index contributed by atoms with van der Waals surface area (Å²) in [6, 6.07) is 4.99. The fourth-order valence-electron chi connectivity index (χ4n) is 3.77. The Bertz CT molecular complexity index is 744. The fourth-order valence-corrected chi connectivity index (χ4v) is 5.03. The van der Waals surface area contributed by atoms with E-state index >= 15 is 0 Å². The summed E-state index contributed by atoms with van der Waals surface area (Å²) in [4.78, 5) is 26.2. The maximum atomic E-state index is 13.5. The highest BCUT2D eigenvalue weighted by Gasteiger charge is 2.40. The summed E-state index contributed by atoms with van der Waals surface area (Å²) in [5.74, 6) is 0.546. The lowest BCUT2D eigenvalue weighted by molar-refractivity contribution is -0.134. The molecule has 0 spiro atoms. The maximum Gasteiger partial charge on any atom is 0.337 e. The van der Waals surface area contributed by atoms with Crippen LogP contribution in [0.1, 0.15) is 65.7 Å². The molecule has 0 bridgehead atoms. The summed E-state index contributed by atoms with van der Waals surface area (Å²) in [6.45, 7) is 6.22. The molecule has 1 aromatic rings. The van der Waals surface area contributed by atoms with Crippen molar-refractivity contribution >= 4 is 52.7 Å². The lowest BCUT2D eigenvalue weighted by Gasteiger charge is -2.36. The highest BCUT2D eigenvalue weighted by molar-refractivity contribution is 8.18. The minimum Gasteiger partial charge on any atom is -0.423 e. The van der Waals surface area contributed by atoms with E-state index in [1.54, 1.807) is 18.2 Å². The van der Waals surface area contributed by atoms with Crippen LogP contribution in [0.2, 0.25) is 5.02 Å². The summed E-state index contributed by atoms with van der Waals surface area (Å²) in [5.41, 5.74) is 0.0963. The molecule has 0 atom stereocenters. The molecule has 30 heavy (non-hydrogen) atoms. The van der Waals surface area contributed by atoms with Gasteiger partial charge in [0.2, 0.25) is 5.91 Å². The normalized spacial score (nSPS) is 16.4. The maximum absolute atomic E-state index is 13.5. The molecule has 7 heteroatoms. The van der Waals surface area contributed by atoms with Crippen LogP contribution < -0.4 is 10.1 Å². The van der Waals surface area contributed by atoms with E-state index in [9.17, 15) is 9.59 Å². The number of hydrogen-bond acceptors (Lipinski definition) is 5. The van der Waals surface area contributed by atoms with Crippen LogP contribution in [0.25, 0.3) is 0 Å². The van der Waals surface area contributed by atoms with E-state index in [0.717, 1.165) is 38.5 Å². The lowest BCUT2D eigenvalue weighted by atomic mass is 9.69. The molecule has 0 aromatic heterocycles. The summed E-state index contributed by atoms with van der Waals surface area (Å²) in [5, 5.41) is 3.55. The molecule has 1 aliphatic rings. The van der Waals surface area contributed by atoms with Crippen LogP contribution in [0.15, 0.2) is 18.2 Å². The van der Waals surface area contributed by atoms with Crippen LogP contribution in [0.4, 0.5) is 5.69 Å². The van der Waals surface area contributed by atoms with Crippen molar-refractivity contribution in [1.82, 2.24) is 0 Å². The molecular weight excluding hydrogens is 438 g/mol. The lowest BCUT2D eigenvalue weighted by Crippen LogP contribution is -2.38. The second-order valence-corrected chi connectivity index (χ2v) is 11.8. The van der Waals surface area contributed by atoms with Gasteiger partial charge in [-0.2, -0.15) is 0 Å². The van der Waals surface area contributed by atoms with Crippen molar-refractivity contribution in [2.24, 2.45) is 11.3 Å². The minimum atomic E-state index is -0.719. The van der Waals surface area contributed by atoms with Gasteiger partial charge in [-0.1, -0.05) is 44.7 Å². The monoisotopic (exact) mass is 471 g/mol. The second-order valence-electron chi connectivity index (χ2n) is 8.61. The molecule has 4 nitrogen and oxygen atoms in total. The van der Waals surface area contributed by atoms with Crippen LogP contribution in [0.5, 0.6) is 5.75 Å². The number of nitrogens with one attached hydrogen (secondary N) is 1. The third-order valence-electron chi connectivity index (χ3n) is 6.03. The van der Waals surface area contributed by atoms with Gasteiger partial charge in [0.25, 0.3) is 0 Å². The third-order valence-corrected chi connectivity index (χ3v) is 9.16. The molecule has 1 fully saturated rings. The molecule has 1 saturated carbocycles. The number of carbonyl (C=O) groups excluding carboxylic acids is 2. The number of halogens is 1. The van der Waals surface area contributed by atoms with Gasteiger partial charge in [-0.15, -0.1) is 23.5 Å². The van der Waals surface area contributed by atoms with Gasteiger partial charge < -0.3 is 10.1 Å². The molecule has 2 rings (SSSR count). The van der Waals surface area contributed by atoms with E-state index in [4.69, 9.17) is 16.3 Å². The number of anilines is 1. The minimum absolute atomic E-state index is 0.0138. The number of hydrogen-bond donors (Lipinski definition) is 1. The van der Waals surface area contributed by atoms with Gasteiger partial charge in [-0.05, 0) is 69.2 Å². The Kier molecular flexibility index (Phi) is 9.44. The number of rotatable bonds is 9. The highest BCUT2D eigenvalue weighted by atomic mass is 35.5. The summed E-state index contributed by atoms with van der Waals surface area (Å²) in [7, 11) is 0. The van der Waals surface area contributed by atoms with Crippen LogP contribution in [0, 0.1) is 11.3 Å². The molecule has 0 aliphatic heterocycles. The number of amides is 1. The first-order valence-electron chi connectivity index (χ1n) is 10.6. The van der Waals surface area contributed by atoms with Crippen molar-refractivity contribution in [1.29, 1.82) is 0 Å².